The first-order chi connectivity index (χ1) is 8.11. The SMILES string of the molecule is CC(CO)Cn1cnc2ccc(Br)cc2c1=O. The van der Waals surface area contributed by atoms with Crippen molar-refractivity contribution in [1.29, 1.82) is 0 Å². The monoisotopic (exact) mass is 296 g/mol. The lowest BCUT2D eigenvalue weighted by atomic mass is 10.2. The molecule has 1 N–H and O–H groups in total. The molecule has 17 heavy (non-hydrogen) atoms. The third-order valence-corrected chi connectivity index (χ3v) is 3.10. The van der Waals surface area contributed by atoms with Crippen molar-refractivity contribution in [1.82, 2.24) is 9.55 Å². The molecule has 2 rings (SSSR count). The Kier molecular flexibility index (Phi) is 3.59. The number of halogens is 1. The molecule has 2 aromatic rings. The first kappa shape index (κ1) is 12.3. The minimum Gasteiger partial charge on any atom is -0.396 e. The minimum absolute atomic E-state index is 0.0408. The summed E-state index contributed by atoms with van der Waals surface area (Å²) >= 11 is 3.34. The van der Waals surface area contributed by atoms with Crippen LogP contribution in [0.5, 0.6) is 0 Å². The zero-order valence-corrected chi connectivity index (χ0v) is 11.0. The van der Waals surface area contributed by atoms with E-state index in [0.717, 1.165) is 4.47 Å². The Morgan fingerprint density at radius 1 is 1.53 bits per heavy atom. The maximum Gasteiger partial charge on any atom is 0.261 e. The van der Waals surface area contributed by atoms with Gasteiger partial charge < -0.3 is 5.11 Å². The van der Waals surface area contributed by atoms with E-state index < -0.39 is 0 Å². The number of hydrogen-bond acceptors (Lipinski definition) is 3. The van der Waals surface area contributed by atoms with Gasteiger partial charge in [0.25, 0.3) is 5.56 Å². The standard InChI is InChI=1S/C12H13BrN2O2/c1-8(6-16)5-15-7-14-11-3-2-9(13)4-10(11)12(15)17/h2-4,7-8,16H,5-6H2,1H3. The zero-order chi connectivity index (χ0) is 12.4. The molecule has 0 radical (unpaired) electrons. The van der Waals surface area contributed by atoms with E-state index >= 15 is 0 Å². The fourth-order valence-electron chi connectivity index (χ4n) is 1.65. The second kappa shape index (κ2) is 4.98. The Balaban J connectivity index is 2.53. The van der Waals surface area contributed by atoms with E-state index in [1.165, 1.54) is 10.9 Å². The number of hydrogen-bond donors (Lipinski definition) is 1. The highest BCUT2D eigenvalue weighted by Crippen LogP contribution is 2.14. The van der Waals surface area contributed by atoms with Crippen LogP contribution >= 0.6 is 15.9 Å². The van der Waals surface area contributed by atoms with Gasteiger partial charge in [-0.3, -0.25) is 9.36 Å². The Hall–Kier alpha value is -1.20. The highest BCUT2D eigenvalue weighted by molar-refractivity contribution is 9.10. The zero-order valence-electron chi connectivity index (χ0n) is 9.43. The van der Waals surface area contributed by atoms with Crippen molar-refractivity contribution in [2.75, 3.05) is 6.61 Å². The van der Waals surface area contributed by atoms with Gasteiger partial charge in [-0.25, -0.2) is 4.98 Å². The molecule has 0 bridgehead atoms. The molecule has 0 fully saturated rings. The number of aliphatic hydroxyl groups is 1. The van der Waals surface area contributed by atoms with Gasteiger partial charge in [0.15, 0.2) is 0 Å². The highest BCUT2D eigenvalue weighted by Gasteiger charge is 2.07. The first-order valence-electron chi connectivity index (χ1n) is 5.37. The third kappa shape index (κ3) is 2.56. The summed E-state index contributed by atoms with van der Waals surface area (Å²) in [6.45, 7) is 2.42. The summed E-state index contributed by atoms with van der Waals surface area (Å²) in [4.78, 5) is 16.4. The van der Waals surface area contributed by atoms with E-state index in [1.54, 1.807) is 12.1 Å². The van der Waals surface area contributed by atoms with Crippen molar-refractivity contribution < 1.29 is 5.11 Å². The molecule has 1 aromatic carbocycles. The predicted octanol–water partition coefficient (Wildman–Crippen LogP) is 1.79. The van der Waals surface area contributed by atoms with Crippen molar-refractivity contribution >= 4 is 26.8 Å². The number of aliphatic hydroxyl groups excluding tert-OH is 1. The van der Waals surface area contributed by atoms with Gasteiger partial charge in [-0.15, -0.1) is 0 Å². The molecular weight excluding hydrogens is 284 g/mol. The van der Waals surface area contributed by atoms with Crippen LogP contribution in [0.4, 0.5) is 0 Å². The van der Waals surface area contributed by atoms with Crippen LogP contribution in [0.3, 0.4) is 0 Å². The topological polar surface area (TPSA) is 55.1 Å². The number of fused-ring (bicyclic) bond motifs is 1. The predicted molar refractivity (Wildman–Crippen MR) is 70.0 cm³/mol. The number of rotatable bonds is 3. The van der Waals surface area contributed by atoms with Gasteiger partial charge in [-0.05, 0) is 24.1 Å². The van der Waals surface area contributed by atoms with Gasteiger partial charge in [0.2, 0.25) is 0 Å². The van der Waals surface area contributed by atoms with E-state index in [9.17, 15) is 4.79 Å². The van der Waals surface area contributed by atoms with Crippen molar-refractivity contribution in [2.24, 2.45) is 5.92 Å². The molecule has 0 amide bonds. The summed E-state index contributed by atoms with van der Waals surface area (Å²) in [5, 5.41) is 9.59. The third-order valence-electron chi connectivity index (χ3n) is 2.61. The van der Waals surface area contributed by atoms with Gasteiger partial charge in [0.1, 0.15) is 0 Å². The van der Waals surface area contributed by atoms with Crippen molar-refractivity contribution in [3.8, 4) is 0 Å². The van der Waals surface area contributed by atoms with Gasteiger partial charge >= 0.3 is 0 Å². The molecule has 0 aliphatic carbocycles. The van der Waals surface area contributed by atoms with Gasteiger partial charge in [0, 0.05) is 17.6 Å². The van der Waals surface area contributed by atoms with E-state index in [-0.39, 0.29) is 18.1 Å². The second-order valence-corrected chi connectivity index (χ2v) is 5.07. The number of benzene rings is 1. The van der Waals surface area contributed by atoms with Crippen LogP contribution in [0.2, 0.25) is 0 Å². The van der Waals surface area contributed by atoms with Gasteiger partial charge in [-0.2, -0.15) is 0 Å². The molecule has 0 aliphatic rings. The van der Waals surface area contributed by atoms with Crippen LogP contribution in [-0.2, 0) is 6.54 Å². The van der Waals surface area contributed by atoms with Crippen LogP contribution in [0.15, 0.2) is 33.8 Å². The molecule has 0 saturated heterocycles. The second-order valence-electron chi connectivity index (χ2n) is 4.15. The Bertz CT molecular complexity index is 595. The molecule has 1 heterocycles. The van der Waals surface area contributed by atoms with Crippen LogP contribution in [0.1, 0.15) is 6.92 Å². The van der Waals surface area contributed by atoms with Gasteiger partial charge in [-0.1, -0.05) is 22.9 Å². The molecule has 1 aromatic heterocycles. The van der Waals surface area contributed by atoms with Crippen LogP contribution in [0, 0.1) is 5.92 Å². The highest BCUT2D eigenvalue weighted by atomic mass is 79.9. The molecule has 0 saturated carbocycles. The summed E-state index contributed by atoms with van der Waals surface area (Å²) in [6.07, 6.45) is 1.53. The van der Waals surface area contributed by atoms with Crippen LogP contribution < -0.4 is 5.56 Å². The van der Waals surface area contributed by atoms with Gasteiger partial charge in [0.05, 0.1) is 17.2 Å². The normalized spacial score (nSPS) is 12.9. The summed E-state index contributed by atoms with van der Waals surface area (Å²) < 4.78 is 2.40. The summed E-state index contributed by atoms with van der Waals surface area (Å²) in [7, 11) is 0. The molecule has 5 heteroatoms. The minimum atomic E-state index is -0.0726. The first-order valence-corrected chi connectivity index (χ1v) is 6.16. The lowest BCUT2D eigenvalue weighted by molar-refractivity contribution is 0.221. The molecule has 0 aliphatic heterocycles. The number of nitrogens with zero attached hydrogens (tertiary/aromatic N) is 2. The molecule has 0 spiro atoms. The maximum atomic E-state index is 12.2. The van der Waals surface area contributed by atoms with Crippen molar-refractivity contribution in [3.05, 3.63) is 39.4 Å². The molecule has 1 atom stereocenters. The molecule has 90 valence electrons. The molecule has 1 unspecified atom stereocenters. The Labute approximate surface area is 107 Å². The average molecular weight is 297 g/mol. The summed E-state index contributed by atoms with van der Waals surface area (Å²) in [5.74, 6) is 0.0408. The van der Waals surface area contributed by atoms with Crippen molar-refractivity contribution in [3.63, 3.8) is 0 Å². The fourth-order valence-corrected chi connectivity index (χ4v) is 2.02. The smallest absolute Gasteiger partial charge is 0.261 e. The maximum absolute atomic E-state index is 12.2. The van der Waals surface area contributed by atoms with E-state index in [0.29, 0.717) is 17.4 Å². The van der Waals surface area contributed by atoms with Crippen LogP contribution in [-0.4, -0.2) is 21.3 Å². The number of aromatic nitrogens is 2. The Morgan fingerprint density at radius 2 is 2.29 bits per heavy atom. The van der Waals surface area contributed by atoms with E-state index in [1.807, 2.05) is 13.0 Å². The average Bonchev–Trinajstić information content (AvgIpc) is 2.33. The molecular formula is C12H13BrN2O2. The summed E-state index contributed by atoms with van der Waals surface area (Å²) in [5.41, 5.74) is 0.614. The van der Waals surface area contributed by atoms with Crippen LogP contribution in [0.25, 0.3) is 10.9 Å². The quantitative estimate of drug-likeness (QED) is 0.939. The summed E-state index contributed by atoms with van der Waals surface area (Å²) in [6, 6.07) is 5.43. The largest absolute Gasteiger partial charge is 0.396 e. The van der Waals surface area contributed by atoms with E-state index in [2.05, 4.69) is 20.9 Å². The molecule has 4 nitrogen and oxygen atoms in total. The lowest BCUT2D eigenvalue weighted by Gasteiger charge is -2.10. The fraction of sp³-hybridized carbons (Fsp3) is 0.333. The lowest BCUT2D eigenvalue weighted by Crippen LogP contribution is -2.24. The van der Waals surface area contributed by atoms with E-state index in [4.69, 9.17) is 5.11 Å². The Morgan fingerprint density at radius 3 is 3.00 bits per heavy atom. The van der Waals surface area contributed by atoms with Crippen molar-refractivity contribution in [2.45, 2.75) is 13.5 Å².